The van der Waals surface area contributed by atoms with Gasteiger partial charge in [-0.15, -0.1) is 22.7 Å². The lowest BCUT2D eigenvalue weighted by Gasteiger charge is -2.34. The van der Waals surface area contributed by atoms with Gasteiger partial charge >= 0.3 is 0 Å². The summed E-state index contributed by atoms with van der Waals surface area (Å²) in [5.74, 6) is 0.854. The van der Waals surface area contributed by atoms with Crippen molar-refractivity contribution in [3.63, 3.8) is 0 Å². The van der Waals surface area contributed by atoms with E-state index < -0.39 is 0 Å². The van der Waals surface area contributed by atoms with Gasteiger partial charge in [0.1, 0.15) is 0 Å². The molecule has 0 aromatic carbocycles. The van der Waals surface area contributed by atoms with Crippen molar-refractivity contribution in [2.24, 2.45) is 0 Å². The summed E-state index contributed by atoms with van der Waals surface area (Å²) in [6, 6.07) is 6.26. The predicted molar refractivity (Wildman–Crippen MR) is 113 cm³/mol. The Labute approximate surface area is 167 Å². The van der Waals surface area contributed by atoms with E-state index in [0.29, 0.717) is 5.13 Å². The highest BCUT2D eigenvalue weighted by molar-refractivity contribution is 7.16. The molecule has 27 heavy (non-hydrogen) atoms. The average Bonchev–Trinajstić information content (AvgIpc) is 3.35. The second-order valence-corrected chi connectivity index (χ2v) is 8.73. The third kappa shape index (κ3) is 4.82. The van der Waals surface area contributed by atoms with Gasteiger partial charge in [0, 0.05) is 48.8 Å². The van der Waals surface area contributed by atoms with E-state index in [4.69, 9.17) is 5.73 Å². The molecule has 4 rings (SSSR count). The molecule has 1 aliphatic heterocycles. The minimum Gasteiger partial charge on any atom is -0.375 e. The minimum atomic E-state index is 0.638. The highest BCUT2D eigenvalue weighted by Gasteiger charge is 2.18. The molecule has 0 amide bonds. The summed E-state index contributed by atoms with van der Waals surface area (Å²) >= 11 is 3.34. The van der Waals surface area contributed by atoms with Crippen molar-refractivity contribution in [1.29, 1.82) is 0 Å². The summed E-state index contributed by atoms with van der Waals surface area (Å²) in [6.07, 6.45) is 7.23. The SMILES string of the molecule is Nc1nc(-c2ccc(CCCCN3CCN(c4ncccn4)CC3)s2)cs1. The van der Waals surface area contributed by atoms with Gasteiger partial charge in [-0.2, -0.15) is 0 Å². The molecule has 3 aromatic rings. The first-order chi connectivity index (χ1) is 13.3. The summed E-state index contributed by atoms with van der Waals surface area (Å²) in [5, 5.41) is 2.67. The van der Waals surface area contributed by atoms with Crippen molar-refractivity contribution in [3.8, 4) is 10.6 Å². The maximum absolute atomic E-state index is 5.73. The van der Waals surface area contributed by atoms with E-state index in [2.05, 4.69) is 36.9 Å². The van der Waals surface area contributed by atoms with Crippen LogP contribution in [0.15, 0.2) is 36.0 Å². The first-order valence-electron chi connectivity index (χ1n) is 9.32. The zero-order chi connectivity index (χ0) is 18.5. The monoisotopic (exact) mass is 400 g/mol. The third-order valence-corrected chi connectivity index (χ3v) is 6.63. The molecule has 1 aliphatic rings. The van der Waals surface area contributed by atoms with E-state index in [1.165, 1.54) is 40.5 Å². The molecule has 8 heteroatoms. The molecule has 6 nitrogen and oxygen atoms in total. The molecule has 4 heterocycles. The highest BCUT2D eigenvalue weighted by Crippen LogP contribution is 2.30. The number of rotatable bonds is 7. The molecule has 0 radical (unpaired) electrons. The molecule has 0 unspecified atom stereocenters. The summed E-state index contributed by atoms with van der Waals surface area (Å²) in [4.78, 5) is 20.5. The molecule has 142 valence electrons. The molecule has 1 fully saturated rings. The van der Waals surface area contributed by atoms with E-state index >= 15 is 0 Å². The lowest BCUT2D eigenvalue weighted by Crippen LogP contribution is -2.47. The molecule has 0 saturated carbocycles. The Hall–Kier alpha value is -2.03. The minimum absolute atomic E-state index is 0.638. The number of aromatic nitrogens is 3. The molecule has 0 atom stereocenters. The van der Waals surface area contributed by atoms with Crippen molar-refractivity contribution in [2.75, 3.05) is 43.4 Å². The van der Waals surface area contributed by atoms with Crippen molar-refractivity contribution >= 4 is 33.8 Å². The smallest absolute Gasteiger partial charge is 0.225 e. The Morgan fingerprint density at radius 1 is 1.04 bits per heavy atom. The number of piperazine rings is 1. The van der Waals surface area contributed by atoms with Gasteiger partial charge in [0.2, 0.25) is 5.95 Å². The summed E-state index contributed by atoms with van der Waals surface area (Å²) in [6.45, 7) is 5.37. The molecule has 1 saturated heterocycles. The van der Waals surface area contributed by atoms with E-state index in [0.717, 1.165) is 44.2 Å². The van der Waals surface area contributed by atoms with Crippen molar-refractivity contribution in [3.05, 3.63) is 40.8 Å². The van der Waals surface area contributed by atoms with E-state index in [1.54, 1.807) is 0 Å². The molecule has 0 bridgehead atoms. The molecule has 0 spiro atoms. The number of nitrogens with zero attached hydrogens (tertiary/aromatic N) is 5. The largest absolute Gasteiger partial charge is 0.375 e. The number of aryl methyl sites for hydroxylation is 1. The first kappa shape index (κ1) is 18.3. The number of thiophene rings is 1. The Balaban J connectivity index is 1.17. The van der Waals surface area contributed by atoms with Crippen LogP contribution in [-0.2, 0) is 6.42 Å². The van der Waals surface area contributed by atoms with Crippen LogP contribution in [0, 0.1) is 0 Å². The predicted octanol–water partition coefficient (Wildman–Crippen LogP) is 3.39. The summed E-state index contributed by atoms with van der Waals surface area (Å²) in [5.41, 5.74) is 6.74. The van der Waals surface area contributed by atoms with E-state index in [1.807, 2.05) is 35.2 Å². The normalized spacial score (nSPS) is 15.3. The van der Waals surface area contributed by atoms with Gasteiger partial charge in [0.25, 0.3) is 0 Å². The molecular formula is C19H24N6S2. The van der Waals surface area contributed by atoms with Crippen molar-refractivity contribution < 1.29 is 0 Å². The Morgan fingerprint density at radius 2 is 1.85 bits per heavy atom. The van der Waals surface area contributed by atoms with Crippen LogP contribution in [0.4, 0.5) is 11.1 Å². The number of thiazole rings is 1. The van der Waals surface area contributed by atoms with Crippen LogP contribution >= 0.6 is 22.7 Å². The van der Waals surface area contributed by atoms with Gasteiger partial charge in [-0.25, -0.2) is 15.0 Å². The maximum atomic E-state index is 5.73. The second kappa shape index (κ2) is 8.77. The van der Waals surface area contributed by atoms with Gasteiger partial charge < -0.3 is 10.6 Å². The number of anilines is 2. The standard InChI is InChI=1S/C19H24N6S2/c20-18-23-16(14-26-18)17-6-5-15(27-17)4-1-2-9-24-10-12-25(13-11-24)19-21-7-3-8-22-19/h3,5-8,14H,1-2,4,9-13H2,(H2,20,23). The lowest BCUT2D eigenvalue weighted by atomic mass is 10.2. The van der Waals surface area contributed by atoms with Gasteiger partial charge in [-0.05, 0) is 44.0 Å². The zero-order valence-electron chi connectivity index (χ0n) is 15.3. The fourth-order valence-electron chi connectivity index (χ4n) is 3.31. The maximum Gasteiger partial charge on any atom is 0.225 e. The first-order valence-corrected chi connectivity index (χ1v) is 11.0. The molecular weight excluding hydrogens is 376 g/mol. The Kier molecular flexibility index (Phi) is 5.96. The highest BCUT2D eigenvalue weighted by atomic mass is 32.1. The summed E-state index contributed by atoms with van der Waals surface area (Å²) < 4.78 is 0. The average molecular weight is 401 g/mol. The number of nitrogens with two attached hydrogens (primary N) is 1. The lowest BCUT2D eigenvalue weighted by molar-refractivity contribution is 0.252. The Bertz CT molecular complexity index is 839. The van der Waals surface area contributed by atoms with E-state index in [-0.39, 0.29) is 0 Å². The number of hydrogen-bond acceptors (Lipinski definition) is 8. The van der Waals surface area contributed by atoms with E-state index in [9.17, 15) is 0 Å². The molecule has 2 N–H and O–H groups in total. The zero-order valence-corrected chi connectivity index (χ0v) is 16.9. The number of unbranched alkanes of at least 4 members (excludes halogenated alkanes) is 1. The second-order valence-electron chi connectivity index (χ2n) is 6.67. The third-order valence-electron chi connectivity index (χ3n) is 4.79. The fraction of sp³-hybridized carbons (Fsp3) is 0.421. The fourth-order valence-corrected chi connectivity index (χ4v) is 4.96. The quantitative estimate of drug-likeness (QED) is 0.613. The van der Waals surface area contributed by atoms with Crippen LogP contribution in [0.5, 0.6) is 0 Å². The topological polar surface area (TPSA) is 71.2 Å². The van der Waals surface area contributed by atoms with Crippen molar-refractivity contribution in [2.45, 2.75) is 19.3 Å². The Morgan fingerprint density at radius 3 is 2.59 bits per heavy atom. The van der Waals surface area contributed by atoms with Crippen LogP contribution in [0.25, 0.3) is 10.6 Å². The van der Waals surface area contributed by atoms with Gasteiger partial charge in [0.05, 0.1) is 10.6 Å². The summed E-state index contributed by atoms with van der Waals surface area (Å²) in [7, 11) is 0. The van der Waals surface area contributed by atoms with Crippen LogP contribution in [0.3, 0.4) is 0 Å². The van der Waals surface area contributed by atoms with Crippen LogP contribution < -0.4 is 10.6 Å². The number of hydrogen-bond donors (Lipinski definition) is 1. The van der Waals surface area contributed by atoms with Crippen molar-refractivity contribution in [1.82, 2.24) is 19.9 Å². The van der Waals surface area contributed by atoms with Crippen LogP contribution in [0.1, 0.15) is 17.7 Å². The molecule has 3 aromatic heterocycles. The van der Waals surface area contributed by atoms with Crippen LogP contribution in [-0.4, -0.2) is 52.6 Å². The molecule has 0 aliphatic carbocycles. The van der Waals surface area contributed by atoms with Gasteiger partial charge in [-0.1, -0.05) is 0 Å². The van der Waals surface area contributed by atoms with Gasteiger partial charge in [-0.3, -0.25) is 4.90 Å². The number of nitrogen functional groups attached to an aromatic ring is 1. The van der Waals surface area contributed by atoms with Crippen LogP contribution in [0.2, 0.25) is 0 Å². The van der Waals surface area contributed by atoms with Gasteiger partial charge in [0.15, 0.2) is 5.13 Å².